The highest BCUT2D eigenvalue weighted by Crippen LogP contribution is 2.41. The number of hydrogen-bond donors (Lipinski definition) is 0. The van der Waals surface area contributed by atoms with E-state index >= 15 is 0 Å². The lowest BCUT2D eigenvalue weighted by Gasteiger charge is -2.09. The van der Waals surface area contributed by atoms with Crippen molar-refractivity contribution in [2.24, 2.45) is 5.92 Å². The molecule has 2 rings (SSSR count). The van der Waals surface area contributed by atoms with Gasteiger partial charge in [0.05, 0.1) is 0 Å². The van der Waals surface area contributed by atoms with Crippen molar-refractivity contribution in [2.75, 3.05) is 0 Å². The molecule has 0 spiro atoms. The summed E-state index contributed by atoms with van der Waals surface area (Å²) in [7, 11) is 0. The molecule has 52 valence electrons. The minimum Gasteiger partial charge on any atom is -0.0688 e. The Morgan fingerprint density at radius 1 is 1.40 bits per heavy atom. The van der Waals surface area contributed by atoms with Gasteiger partial charge in [-0.3, -0.25) is 0 Å². The molecule has 0 aromatic heterocycles. The van der Waals surface area contributed by atoms with E-state index in [0.29, 0.717) is 0 Å². The third kappa shape index (κ3) is 0.683. The van der Waals surface area contributed by atoms with Gasteiger partial charge in [-0.15, -0.1) is 0 Å². The van der Waals surface area contributed by atoms with E-state index in [1.807, 2.05) is 0 Å². The van der Waals surface area contributed by atoms with Crippen molar-refractivity contribution in [1.29, 1.82) is 0 Å². The zero-order chi connectivity index (χ0) is 7.14. The van der Waals surface area contributed by atoms with E-state index in [0.717, 1.165) is 5.92 Å². The maximum atomic E-state index is 2.33. The molecule has 0 radical (unpaired) electrons. The fourth-order valence-corrected chi connectivity index (χ4v) is 1.60. The van der Waals surface area contributed by atoms with E-state index in [-0.39, 0.29) is 0 Å². The summed E-state index contributed by atoms with van der Waals surface area (Å²) in [5.41, 5.74) is 4.62. The van der Waals surface area contributed by atoms with E-state index < -0.39 is 0 Å². The third-order valence-electron chi connectivity index (χ3n) is 2.44. The quantitative estimate of drug-likeness (QED) is 0.514. The van der Waals surface area contributed by atoms with Gasteiger partial charge in [0, 0.05) is 5.92 Å². The lowest BCUT2D eigenvalue weighted by molar-refractivity contribution is 0.978. The molecule has 0 N–H and O–H groups in total. The highest BCUT2D eigenvalue weighted by molar-refractivity contribution is 5.54. The van der Waals surface area contributed by atoms with Gasteiger partial charge < -0.3 is 0 Å². The third-order valence-corrected chi connectivity index (χ3v) is 2.44. The van der Waals surface area contributed by atoms with Crippen molar-refractivity contribution >= 4 is 0 Å². The summed E-state index contributed by atoms with van der Waals surface area (Å²) in [4.78, 5) is 0. The first-order chi connectivity index (χ1) is 4.83. The minimum atomic E-state index is 0.736. The average molecular weight is 132 g/mol. The molecule has 0 amide bonds. The standard InChI is InChI=1S/C10H12/c1-3-8-4-5-9-6-10(9)7(8)2/h4-6,10H,3H2,1-2H3/t10-/m1/s1. The van der Waals surface area contributed by atoms with Gasteiger partial charge in [0.1, 0.15) is 0 Å². The Labute approximate surface area is 61.9 Å². The monoisotopic (exact) mass is 132 g/mol. The molecule has 0 heterocycles. The lowest BCUT2D eigenvalue weighted by Crippen LogP contribution is -1.93. The van der Waals surface area contributed by atoms with E-state index in [9.17, 15) is 0 Å². The molecule has 1 atom stereocenters. The van der Waals surface area contributed by atoms with Gasteiger partial charge in [-0.25, -0.2) is 0 Å². The van der Waals surface area contributed by atoms with Crippen LogP contribution in [0.25, 0.3) is 0 Å². The molecular formula is C10H12. The minimum absolute atomic E-state index is 0.736. The highest BCUT2D eigenvalue weighted by atomic mass is 14.3. The largest absolute Gasteiger partial charge is 0.0688 e. The van der Waals surface area contributed by atoms with Gasteiger partial charge in [0.2, 0.25) is 0 Å². The first kappa shape index (κ1) is 5.96. The van der Waals surface area contributed by atoms with E-state index in [1.165, 1.54) is 17.6 Å². The summed E-state index contributed by atoms with van der Waals surface area (Å²) in [5.74, 6) is 0.736. The Morgan fingerprint density at radius 3 is 2.90 bits per heavy atom. The molecule has 0 nitrogen and oxygen atoms in total. The van der Waals surface area contributed by atoms with Crippen LogP contribution in [0.4, 0.5) is 0 Å². The van der Waals surface area contributed by atoms with E-state index in [4.69, 9.17) is 0 Å². The molecule has 2 aliphatic carbocycles. The van der Waals surface area contributed by atoms with Crippen LogP contribution in [0.2, 0.25) is 0 Å². The van der Waals surface area contributed by atoms with Gasteiger partial charge >= 0.3 is 0 Å². The van der Waals surface area contributed by atoms with Crippen molar-refractivity contribution in [3.05, 3.63) is 34.9 Å². The van der Waals surface area contributed by atoms with Gasteiger partial charge in [-0.2, -0.15) is 0 Å². The summed E-state index contributed by atoms with van der Waals surface area (Å²) < 4.78 is 0. The predicted octanol–water partition coefficient (Wildman–Crippen LogP) is 2.84. The summed E-state index contributed by atoms with van der Waals surface area (Å²) in [5, 5.41) is 0. The van der Waals surface area contributed by atoms with Crippen molar-refractivity contribution in [2.45, 2.75) is 20.3 Å². The molecule has 0 aromatic carbocycles. The second-order valence-corrected chi connectivity index (χ2v) is 3.04. The SMILES string of the molecule is CCC1=C(C)[C@H]2C=C2C=C1. The van der Waals surface area contributed by atoms with Crippen LogP contribution in [0.3, 0.4) is 0 Å². The van der Waals surface area contributed by atoms with Crippen molar-refractivity contribution in [1.82, 2.24) is 0 Å². The van der Waals surface area contributed by atoms with Crippen LogP contribution in [0, 0.1) is 5.92 Å². The first-order valence-electron chi connectivity index (χ1n) is 3.92. The molecule has 0 saturated carbocycles. The fourth-order valence-electron chi connectivity index (χ4n) is 1.60. The molecule has 0 saturated heterocycles. The van der Waals surface area contributed by atoms with E-state index in [1.54, 1.807) is 5.57 Å². The Balaban J connectivity index is 2.32. The molecular weight excluding hydrogens is 120 g/mol. The molecule has 0 bridgehead atoms. The number of rotatable bonds is 1. The molecule has 10 heavy (non-hydrogen) atoms. The fraction of sp³-hybridized carbons (Fsp3) is 0.400. The van der Waals surface area contributed by atoms with Gasteiger partial charge in [-0.1, -0.05) is 30.7 Å². The second-order valence-electron chi connectivity index (χ2n) is 3.04. The molecule has 0 heteroatoms. The summed E-state index contributed by atoms with van der Waals surface area (Å²) in [6, 6.07) is 0. The number of allylic oxidation sites excluding steroid dienone is 6. The van der Waals surface area contributed by atoms with E-state index in [2.05, 4.69) is 32.1 Å². The van der Waals surface area contributed by atoms with Crippen molar-refractivity contribution < 1.29 is 0 Å². The topological polar surface area (TPSA) is 0 Å². The Bertz CT molecular complexity index is 251. The van der Waals surface area contributed by atoms with Crippen LogP contribution < -0.4 is 0 Å². The normalized spacial score (nSPS) is 28.2. The zero-order valence-electron chi connectivity index (χ0n) is 6.52. The summed E-state index contributed by atoms with van der Waals surface area (Å²) in [6.45, 7) is 4.47. The average Bonchev–Trinajstić information content (AvgIpc) is 2.68. The molecule has 0 aliphatic heterocycles. The maximum absolute atomic E-state index is 2.33. The predicted molar refractivity (Wildman–Crippen MR) is 43.7 cm³/mol. The summed E-state index contributed by atoms with van der Waals surface area (Å²) in [6.07, 6.45) is 8.01. The molecule has 2 aliphatic rings. The van der Waals surface area contributed by atoms with Gasteiger partial charge in [0.25, 0.3) is 0 Å². The van der Waals surface area contributed by atoms with Crippen molar-refractivity contribution in [3.8, 4) is 0 Å². The van der Waals surface area contributed by atoms with Gasteiger partial charge in [-0.05, 0) is 24.5 Å². The van der Waals surface area contributed by atoms with Crippen molar-refractivity contribution in [3.63, 3.8) is 0 Å². The summed E-state index contributed by atoms with van der Waals surface area (Å²) >= 11 is 0. The van der Waals surface area contributed by atoms with Crippen LogP contribution in [-0.4, -0.2) is 0 Å². The maximum Gasteiger partial charge on any atom is 0.0234 e. The molecule has 0 unspecified atom stereocenters. The number of fused-ring (bicyclic) bond motifs is 1. The van der Waals surface area contributed by atoms with Crippen LogP contribution in [0.15, 0.2) is 34.9 Å². The van der Waals surface area contributed by atoms with Crippen LogP contribution in [0.1, 0.15) is 20.3 Å². The first-order valence-corrected chi connectivity index (χ1v) is 3.92. The van der Waals surface area contributed by atoms with Crippen LogP contribution >= 0.6 is 0 Å². The Kier molecular flexibility index (Phi) is 1.10. The Hall–Kier alpha value is -0.780. The smallest absolute Gasteiger partial charge is 0.0234 e. The van der Waals surface area contributed by atoms with Crippen LogP contribution in [-0.2, 0) is 0 Å². The Morgan fingerprint density at radius 2 is 2.20 bits per heavy atom. The zero-order valence-corrected chi connectivity index (χ0v) is 6.52. The second kappa shape index (κ2) is 1.85. The lowest BCUT2D eigenvalue weighted by atomic mass is 9.96. The van der Waals surface area contributed by atoms with Crippen LogP contribution in [0.5, 0.6) is 0 Å². The molecule has 0 aromatic rings. The van der Waals surface area contributed by atoms with Gasteiger partial charge in [0.15, 0.2) is 0 Å². The number of hydrogen-bond acceptors (Lipinski definition) is 0. The highest BCUT2D eigenvalue weighted by Gasteiger charge is 2.27. The molecule has 0 fully saturated rings.